The SMILES string of the molecule is CNC1(C(=O)N(C=O)[C@H]2CC3(C[C@H](Oc4ncccc4C(N)=O)C3)C2)CCCC1. The molecule has 0 bridgehead atoms. The van der Waals surface area contributed by atoms with Gasteiger partial charge in [0.05, 0.1) is 5.54 Å². The summed E-state index contributed by atoms with van der Waals surface area (Å²) in [4.78, 5) is 41.8. The lowest BCUT2D eigenvalue weighted by molar-refractivity contribution is -0.159. The molecule has 3 aliphatic rings. The van der Waals surface area contributed by atoms with E-state index in [9.17, 15) is 14.4 Å². The number of nitrogens with zero attached hydrogens (tertiary/aromatic N) is 2. The number of amides is 3. The Morgan fingerprint density at radius 3 is 2.55 bits per heavy atom. The van der Waals surface area contributed by atoms with Crippen LogP contribution < -0.4 is 15.8 Å². The molecule has 8 heteroatoms. The summed E-state index contributed by atoms with van der Waals surface area (Å²) in [5.74, 6) is -0.368. The normalized spacial score (nSPS) is 29.6. The maximum atomic E-state index is 13.0. The molecule has 8 nitrogen and oxygen atoms in total. The van der Waals surface area contributed by atoms with Crippen LogP contribution in [0.3, 0.4) is 0 Å². The molecule has 1 spiro atoms. The fourth-order valence-corrected chi connectivity index (χ4v) is 5.39. The Hall–Kier alpha value is -2.48. The summed E-state index contributed by atoms with van der Waals surface area (Å²) in [6.07, 6.45) is 9.11. The van der Waals surface area contributed by atoms with E-state index in [1.807, 2.05) is 0 Å². The third kappa shape index (κ3) is 3.39. The molecular weight excluding hydrogens is 372 g/mol. The molecule has 0 aromatic carbocycles. The summed E-state index contributed by atoms with van der Waals surface area (Å²) in [5, 5.41) is 3.18. The number of nitrogens with two attached hydrogens (primary N) is 1. The lowest BCUT2D eigenvalue weighted by Crippen LogP contribution is -2.64. The molecule has 156 valence electrons. The summed E-state index contributed by atoms with van der Waals surface area (Å²) in [7, 11) is 1.81. The number of nitrogens with one attached hydrogen (secondary N) is 1. The standard InChI is InChI=1S/C21H28N4O4/c1-23-21(6-2-3-7-21)19(28)25(13-26)14-9-20(10-14)11-15(12-20)29-18-16(17(22)27)5-4-8-24-18/h4-5,8,13-15,23H,2-3,6-7,9-12H2,1H3,(H2,22,27)/t14-,15-,20?. The molecule has 3 fully saturated rings. The van der Waals surface area contributed by atoms with Crippen LogP contribution in [0, 0.1) is 5.41 Å². The lowest BCUT2D eigenvalue weighted by Gasteiger charge is -2.58. The first-order valence-corrected chi connectivity index (χ1v) is 10.3. The highest BCUT2D eigenvalue weighted by atomic mass is 16.5. The minimum absolute atomic E-state index is 0.0252. The monoisotopic (exact) mass is 400 g/mol. The second kappa shape index (κ2) is 7.40. The van der Waals surface area contributed by atoms with Crippen LogP contribution in [0.1, 0.15) is 61.7 Å². The number of ether oxygens (including phenoxy) is 1. The van der Waals surface area contributed by atoms with Crippen LogP contribution in [0.25, 0.3) is 0 Å². The molecule has 0 aliphatic heterocycles. The van der Waals surface area contributed by atoms with E-state index in [2.05, 4.69) is 10.3 Å². The summed E-state index contributed by atoms with van der Waals surface area (Å²) in [6.45, 7) is 0. The van der Waals surface area contributed by atoms with Gasteiger partial charge in [-0.05, 0) is 63.1 Å². The zero-order valence-electron chi connectivity index (χ0n) is 16.7. The van der Waals surface area contributed by atoms with Crippen molar-refractivity contribution in [1.82, 2.24) is 15.2 Å². The number of pyridine rings is 1. The van der Waals surface area contributed by atoms with Crippen LogP contribution in [0.4, 0.5) is 0 Å². The van der Waals surface area contributed by atoms with E-state index in [1.165, 1.54) is 4.90 Å². The largest absolute Gasteiger partial charge is 0.474 e. The quantitative estimate of drug-likeness (QED) is 0.669. The lowest BCUT2D eigenvalue weighted by atomic mass is 9.52. The molecule has 4 rings (SSSR count). The van der Waals surface area contributed by atoms with Crippen molar-refractivity contribution in [2.24, 2.45) is 11.1 Å². The molecule has 3 aliphatic carbocycles. The van der Waals surface area contributed by atoms with Crippen LogP contribution in [0.15, 0.2) is 18.3 Å². The Morgan fingerprint density at radius 1 is 1.28 bits per heavy atom. The summed E-state index contributed by atoms with van der Waals surface area (Å²) < 4.78 is 5.89. The molecule has 0 radical (unpaired) electrons. The van der Waals surface area contributed by atoms with E-state index in [1.54, 1.807) is 25.4 Å². The molecule has 3 N–H and O–H groups in total. The molecule has 0 unspecified atom stereocenters. The number of aromatic nitrogens is 1. The molecule has 3 amide bonds. The predicted molar refractivity (Wildman–Crippen MR) is 105 cm³/mol. The fourth-order valence-electron chi connectivity index (χ4n) is 5.39. The van der Waals surface area contributed by atoms with Gasteiger partial charge in [-0.15, -0.1) is 0 Å². The average Bonchev–Trinajstić information content (AvgIpc) is 3.15. The maximum absolute atomic E-state index is 13.0. The third-order valence-electron chi connectivity index (χ3n) is 7.06. The second-order valence-electron chi connectivity index (χ2n) is 8.79. The van der Waals surface area contributed by atoms with Gasteiger partial charge in [-0.25, -0.2) is 4.98 Å². The predicted octanol–water partition coefficient (Wildman–Crippen LogP) is 1.39. The number of hydrogen-bond acceptors (Lipinski definition) is 6. The highest BCUT2D eigenvalue weighted by Crippen LogP contribution is 2.58. The van der Waals surface area contributed by atoms with Gasteiger partial charge in [0, 0.05) is 12.2 Å². The first-order valence-electron chi connectivity index (χ1n) is 10.3. The Labute approximate surface area is 170 Å². The Bertz CT molecular complexity index is 807. The molecule has 29 heavy (non-hydrogen) atoms. The van der Waals surface area contributed by atoms with Gasteiger partial charge < -0.3 is 15.8 Å². The smallest absolute Gasteiger partial charge is 0.254 e. The Morgan fingerprint density at radius 2 is 1.97 bits per heavy atom. The van der Waals surface area contributed by atoms with Gasteiger partial charge in [0.1, 0.15) is 11.7 Å². The van der Waals surface area contributed by atoms with Crippen molar-refractivity contribution in [2.75, 3.05) is 7.05 Å². The highest BCUT2D eigenvalue weighted by Gasteiger charge is 2.57. The van der Waals surface area contributed by atoms with Crippen molar-refractivity contribution >= 4 is 18.2 Å². The van der Waals surface area contributed by atoms with Crippen LogP contribution in [-0.2, 0) is 9.59 Å². The molecule has 3 saturated carbocycles. The van der Waals surface area contributed by atoms with E-state index in [0.29, 0.717) is 6.41 Å². The van der Waals surface area contributed by atoms with Crippen LogP contribution in [0.5, 0.6) is 5.88 Å². The van der Waals surface area contributed by atoms with Gasteiger partial charge in [0.15, 0.2) is 0 Å². The average molecular weight is 400 g/mol. The minimum atomic E-state index is -0.584. The van der Waals surface area contributed by atoms with Gasteiger partial charge in [-0.2, -0.15) is 0 Å². The first-order chi connectivity index (χ1) is 13.9. The number of hydrogen-bond donors (Lipinski definition) is 2. The Balaban J connectivity index is 1.33. The third-order valence-corrected chi connectivity index (χ3v) is 7.06. The van der Waals surface area contributed by atoms with Crippen molar-refractivity contribution < 1.29 is 19.1 Å². The number of carbonyl (C=O) groups excluding carboxylic acids is 3. The molecular formula is C21H28N4O4. The summed E-state index contributed by atoms with van der Waals surface area (Å²) in [5.41, 5.74) is 5.19. The van der Waals surface area contributed by atoms with Gasteiger partial charge in [0.2, 0.25) is 18.2 Å². The zero-order chi connectivity index (χ0) is 20.6. The van der Waals surface area contributed by atoms with Gasteiger partial charge in [-0.1, -0.05) is 12.8 Å². The number of imide groups is 1. The molecule has 0 atom stereocenters. The fraction of sp³-hybridized carbons (Fsp3) is 0.619. The second-order valence-corrected chi connectivity index (χ2v) is 8.79. The first kappa shape index (κ1) is 19.8. The van der Waals surface area contributed by atoms with E-state index in [0.717, 1.165) is 51.4 Å². The topological polar surface area (TPSA) is 115 Å². The van der Waals surface area contributed by atoms with E-state index in [4.69, 9.17) is 10.5 Å². The van der Waals surface area contributed by atoms with Crippen LogP contribution in [0.2, 0.25) is 0 Å². The zero-order valence-corrected chi connectivity index (χ0v) is 16.7. The minimum Gasteiger partial charge on any atom is -0.474 e. The van der Waals surface area contributed by atoms with Crippen LogP contribution >= 0.6 is 0 Å². The van der Waals surface area contributed by atoms with Gasteiger partial charge in [-0.3, -0.25) is 19.3 Å². The maximum Gasteiger partial charge on any atom is 0.254 e. The van der Waals surface area contributed by atoms with Gasteiger partial charge in [0.25, 0.3) is 5.91 Å². The van der Waals surface area contributed by atoms with E-state index in [-0.39, 0.29) is 34.9 Å². The van der Waals surface area contributed by atoms with Crippen molar-refractivity contribution in [3.63, 3.8) is 0 Å². The number of carbonyl (C=O) groups is 3. The van der Waals surface area contributed by atoms with E-state index < -0.39 is 11.4 Å². The molecule has 1 aromatic rings. The molecule has 0 saturated heterocycles. The highest BCUT2D eigenvalue weighted by molar-refractivity contribution is 5.95. The number of rotatable bonds is 7. The van der Waals surface area contributed by atoms with Crippen LogP contribution in [-0.4, -0.2) is 52.8 Å². The number of likely N-dealkylation sites (N-methyl/N-ethyl adjacent to an activating group) is 1. The number of primary amides is 1. The van der Waals surface area contributed by atoms with Crippen molar-refractivity contribution in [2.45, 2.75) is 69.1 Å². The summed E-state index contributed by atoms with van der Waals surface area (Å²) in [6, 6.07) is 3.22. The van der Waals surface area contributed by atoms with Crippen molar-refractivity contribution in [3.8, 4) is 5.88 Å². The molecule has 1 aromatic heterocycles. The molecule has 1 heterocycles. The Kier molecular flexibility index (Phi) is 5.06. The van der Waals surface area contributed by atoms with Crippen molar-refractivity contribution in [3.05, 3.63) is 23.9 Å². The van der Waals surface area contributed by atoms with Gasteiger partial charge >= 0.3 is 0 Å². The van der Waals surface area contributed by atoms with E-state index >= 15 is 0 Å². The summed E-state index contributed by atoms with van der Waals surface area (Å²) >= 11 is 0. The van der Waals surface area contributed by atoms with Crippen molar-refractivity contribution in [1.29, 1.82) is 0 Å².